The van der Waals surface area contributed by atoms with E-state index in [4.69, 9.17) is 20.8 Å². The molecule has 0 atom stereocenters. The number of carbonyl (C=O) groups is 2. The second-order valence-electron chi connectivity index (χ2n) is 6.28. The minimum absolute atomic E-state index is 0.0975. The molecule has 0 fully saturated rings. The lowest BCUT2D eigenvalue weighted by Crippen LogP contribution is -2.41. The molecule has 0 unspecified atom stereocenters. The Hall–Kier alpha value is -2.90. The Balaban J connectivity index is 1.33. The average Bonchev–Trinajstić information content (AvgIpc) is 3.25. The number of halogens is 1. The lowest BCUT2D eigenvalue weighted by molar-refractivity contribution is -0.121. The van der Waals surface area contributed by atoms with Crippen LogP contribution in [0.15, 0.2) is 76.0 Å². The summed E-state index contributed by atoms with van der Waals surface area (Å²) in [5.41, 5.74) is 4.75. The maximum Gasteiger partial charge on any atom is 0.305 e. The normalized spacial score (nSPS) is 10.4. The van der Waals surface area contributed by atoms with E-state index in [0.717, 1.165) is 10.6 Å². The van der Waals surface area contributed by atoms with Gasteiger partial charge in [0.15, 0.2) is 5.76 Å². The second-order valence-corrected chi connectivity index (χ2v) is 7.88. The van der Waals surface area contributed by atoms with Crippen LogP contribution in [-0.4, -0.2) is 17.6 Å². The Morgan fingerprint density at radius 1 is 0.967 bits per heavy atom. The molecule has 3 rings (SSSR count). The van der Waals surface area contributed by atoms with Crippen molar-refractivity contribution in [3.8, 4) is 5.75 Å². The van der Waals surface area contributed by atoms with Gasteiger partial charge in [0.2, 0.25) is 5.91 Å². The summed E-state index contributed by atoms with van der Waals surface area (Å²) in [5, 5.41) is 0.696. The molecule has 0 aliphatic heterocycles. The number of para-hydroxylation sites is 1. The molecule has 0 saturated heterocycles. The Labute approximate surface area is 183 Å². The quantitative estimate of drug-likeness (QED) is 0.280. The zero-order chi connectivity index (χ0) is 21.2. The molecule has 0 aliphatic rings. The first-order valence-electron chi connectivity index (χ1n) is 9.34. The van der Waals surface area contributed by atoms with Crippen molar-refractivity contribution in [1.82, 2.24) is 10.9 Å². The third-order valence-electron chi connectivity index (χ3n) is 3.96. The van der Waals surface area contributed by atoms with E-state index < -0.39 is 5.91 Å². The van der Waals surface area contributed by atoms with E-state index in [1.807, 2.05) is 54.6 Å². The van der Waals surface area contributed by atoms with Gasteiger partial charge in [-0.25, -0.2) is 0 Å². The van der Waals surface area contributed by atoms with Crippen molar-refractivity contribution >= 4 is 35.2 Å². The maximum atomic E-state index is 12.1. The largest absolute Gasteiger partial charge is 0.486 e. The number of amides is 2. The number of hydrazine groups is 1. The van der Waals surface area contributed by atoms with Gasteiger partial charge in [0.05, 0.1) is 0 Å². The molecule has 0 aliphatic carbocycles. The van der Waals surface area contributed by atoms with Crippen LogP contribution in [0, 0.1) is 0 Å². The van der Waals surface area contributed by atoms with Gasteiger partial charge >= 0.3 is 5.91 Å². The Kier molecular flexibility index (Phi) is 8.23. The van der Waals surface area contributed by atoms with Gasteiger partial charge in [0.1, 0.15) is 18.1 Å². The van der Waals surface area contributed by atoms with Crippen molar-refractivity contribution in [3.63, 3.8) is 0 Å². The summed E-state index contributed by atoms with van der Waals surface area (Å²) in [6.45, 7) is 0.203. The van der Waals surface area contributed by atoms with Gasteiger partial charge in [-0.05, 0) is 60.7 Å². The summed E-state index contributed by atoms with van der Waals surface area (Å²) in [7, 11) is 0. The number of hydrogen-bond acceptors (Lipinski definition) is 5. The molecule has 156 valence electrons. The van der Waals surface area contributed by atoms with Crippen molar-refractivity contribution in [3.05, 3.63) is 83.3 Å². The first-order valence-corrected chi connectivity index (χ1v) is 10.7. The van der Waals surface area contributed by atoms with Gasteiger partial charge in [0, 0.05) is 16.3 Å². The van der Waals surface area contributed by atoms with Crippen LogP contribution in [0.2, 0.25) is 5.02 Å². The number of benzene rings is 2. The smallest absolute Gasteiger partial charge is 0.305 e. The number of nitrogens with one attached hydrogen (secondary N) is 2. The Bertz CT molecular complexity index is 961. The summed E-state index contributed by atoms with van der Waals surface area (Å²) < 4.78 is 11.0. The third-order valence-corrected chi connectivity index (χ3v) is 5.31. The molecule has 30 heavy (non-hydrogen) atoms. The van der Waals surface area contributed by atoms with Gasteiger partial charge < -0.3 is 9.15 Å². The number of furan rings is 1. The van der Waals surface area contributed by atoms with Crippen molar-refractivity contribution in [1.29, 1.82) is 0 Å². The number of rotatable bonds is 9. The predicted octanol–water partition coefficient (Wildman–Crippen LogP) is 4.85. The molecule has 0 spiro atoms. The molecule has 2 N–H and O–H groups in total. The summed E-state index contributed by atoms with van der Waals surface area (Å²) in [4.78, 5) is 25.1. The van der Waals surface area contributed by atoms with E-state index in [-0.39, 0.29) is 18.3 Å². The maximum absolute atomic E-state index is 12.1. The van der Waals surface area contributed by atoms with Crippen LogP contribution in [0.3, 0.4) is 0 Å². The van der Waals surface area contributed by atoms with E-state index in [1.165, 1.54) is 6.07 Å². The Morgan fingerprint density at radius 3 is 2.50 bits per heavy atom. The standard InChI is InChI=1S/C22H21ClN2O4S/c23-16-8-11-19(12-9-16)30-14-4-7-21(26)24-25-22(27)20-13-10-18(29-20)15-28-17-5-2-1-3-6-17/h1-3,5-6,8-13H,4,7,14-15H2,(H,24,26)(H,25,27). The van der Waals surface area contributed by atoms with Crippen LogP contribution >= 0.6 is 23.4 Å². The van der Waals surface area contributed by atoms with Crippen molar-refractivity contribution in [2.45, 2.75) is 24.3 Å². The lowest BCUT2D eigenvalue weighted by atomic mass is 10.3. The molecule has 1 aromatic heterocycles. The van der Waals surface area contributed by atoms with Crippen LogP contribution < -0.4 is 15.6 Å². The molecular weight excluding hydrogens is 424 g/mol. The summed E-state index contributed by atoms with van der Waals surface area (Å²) in [6, 6.07) is 20.0. The highest BCUT2D eigenvalue weighted by Crippen LogP contribution is 2.21. The van der Waals surface area contributed by atoms with E-state index in [0.29, 0.717) is 29.4 Å². The number of ether oxygens (including phenoxy) is 1. The summed E-state index contributed by atoms with van der Waals surface area (Å²) >= 11 is 7.50. The van der Waals surface area contributed by atoms with Gasteiger partial charge in [-0.3, -0.25) is 20.4 Å². The molecule has 3 aromatic rings. The van der Waals surface area contributed by atoms with E-state index in [1.54, 1.807) is 17.8 Å². The van der Waals surface area contributed by atoms with Crippen LogP contribution in [0.25, 0.3) is 0 Å². The SMILES string of the molecule is O=C(CCCSc1ccc(Cl)cc1)NNC(=O)c1ccc(COc2ccccc2)o1. The number of hydrogen-bond donors (Lipinski definition) is 2. The van der Waals surface area contributed by atoms with E-state index in [9.17, 15) is 9.59 Å². The molecule has 0 bridgehead atoms. The van der Waals surface area contributed by atoms with E-state index in [2.05, 4.69) is 10.9 Å². The molecule has 2 amide bonds. The van der Waals surface area contributed by atoms with Crippen LogP contribution in [0.1, 0.15) is 29.2 Å². The number of carbonyl (C=O) groups excluding carboxylic acids is 2. The van der Waals surface area contributed by atoms with Gasteiger partial charge in [-0.2, -0.15) is 0 Å². The zero-order valence-corrected chi connectivity index (χ0v) is 17.7. The zero-order valence-electron chi connectivity index (χ0n) is 16.1. The molecule has 2 aromatic carbocycles. The van der Waals surface area contributed by atoms with E-state index >= 15 is 0 Å². The number of thioether (sulfide) groups is 1. The molecular formula is C22H21ClN2O4S. The Morgan fingerprint density at radius 2 is 1.73 bits per heavy atom. The molecule has 0 radical (unpaired) electrons. The third kappa shape index (κ3) is 7.17. The predicted molar refractivity (Wildman–Crippen MR) is 117 cm³/mol. The first-order chi connectivity index (χ1) is 14.6. The highest BCUT2D eigenvalue weighted by molar-refractivity contribution is 7.99. The van der Waals surface area contributed by atoms with Crippen molar-refractivity contribution in [2.75, 3.05) is 5.75 Å². The van der Waals surface area contributed by atoms with Crippen LogP contribution in [-0.2, 0) is 11.4 Å². The van der Waals surface area contributed by atoms with Crippen LogP contribution in [0.4, 0.5) is 0 Å². The van der Waals surface area contributed by atoms with Crippen molar-refractivity contribution in [2.24, 2.45) is 0 Å². The lowest BCUT2D eigenvalue weighted by Gasteiger charge is -2.06. The average molecular weight is 445 g/mol. The topological polar surface area (TPSA) is 80.6 Å². The fourth-order valence-electron chi connectivity index (χ4n) is 2.45. The van der Waals surface area contributed by atoms with Crippen LogP contribution in [0.5, 0.6) is 5.75 Å². The minimum Gasteiger partial charge on any atom is -0.486 e. The molecule has 8 heteroatoms. The fourth-order valence-corrected chi connectivity index (χ4v) is 3.43. The second kappa shape index (κ2) is 11.3. The summed E-state index contributed by atoms with van der Waals surface area (Å²) in [5.74, 6) is 1.31. The summed E-state index contributed by atoms with van der Waals surface area (Å²) in [6.07, 6.45) is 0.978. The van der Waals surface area contributed by atoms with Gasteiger partial charge in [-0.1, -0.05) is 29.8 Å². The molecule has 0 saturated carbocycles. The molecule has 1 heterocycles. The fraction of sp³-hybridized carbons (Fsp3) is 0.182. The van der Waals surface area contributed by atoms with Crippen molar-refractivity contribution < 1.29 is 18.7 Å². The van der Waals surface area contributed by atoms with Gasteiger partial charge in [-0.15, -0.1) is 11.8 Å². The highest BCUT2D eigenvalue weighted by atomic mass is 35.5. The van der Waals surface area contributed by atoms with Gasteiger partial charge in [0.25, 0.3) is 0 Å². The molecule has 6 nitrogen and oxygen atoms in total. The first kappa shape index (κ1) is 21.8. The minimum atomic E-state index is -0.523. The highest BCUT2D eigenvalue weighted by Gasteiger charge is 2.12. The monoisotopic (exact) mass is 444 g/mol.